The average molecular weight is 425 g/mol. The predicted octanol–water partition coefficient (Wildman–Crippen LogP) is 2.71. The molecule has 2 atom stereocenters. The van der Waals surface area contributed by atoms with Crippen molar-refractivity contribution in [3.05, 3.63) is 29.8 Å². The summed E-state index contributed by atoms with van der Waals surface area (Å²) in [6, 6.07) is 6.05. The summed E-state index contributed by atoms with van der Waals surface area (Å²) >= 11 is 0. The Balaban J connectivity index is 1.79. The Morgan fingerprint density at radius 3 is 2.67 bits per heavy atom. The summed E-state index contributed by atoms with van der Waals surface area (Å²) in [6.45, 7) is 9.57. The molecule has 0 aliphatic carbocycles. The van der Waals surface area contributed by atoms with Gasteiger partial charge in [0.15, 0.2) is 11.8 Å². The van der Waals surface area contributed by atoms with Crippen molar-refractivity contribution < 1.29 is 38.4 Å². The number of hydrogen-bond donors (Lipinski definition) is 2. The number of carbonyl (C=O) groups is 2. The average Bonchev–Trinajstić information content (AvgIpc) is 2.97. The van der Waals surface area contributed by atoms with Crippen molar-refractivity contribution in [3.63, 3.8) is 0 Å². The molecule has 1 amide bonds. The van der Waals surface area contributed by atoms with E-state index < -0.39 is 29.5 Å². The zero-order valence-corrected chi connectivity index (χ0v) is 18.1. The lowest BCUT2D eigenvalue weighted by Crippen LogP contribution is -2.46. The molecule has 1 aliphatic heterocycles. The summed E-state index contributed by atoms with van der Waals surface area (Å²) < 4.78 is 27.5. The second-order valence-corrected chi connectivity index (χ2v) is 8.46. The number of alkyl carbamates (subject to hydrolysis) is 1. The Morgan fingerprint density at radius 1 is 1.33 bits per heavy atom. The molecule has 0 radical (unpaired) electrons. The lowest BCUT2D eigenvalue weighted by Gasteiger charge is -2.22. The molecule has 1 fully saturated rings. The van der Waals surface area contributed by atoms with Crippen molar-refractivity contribution in [2.45, 2.75) is 64.8 Å². The van der Waals surface area contributed by atoms with Gasteiger partial charge < -0.3 is 34.1 Å². The number of hydrogen-bond acceptors (Lipinski definition) is 7. The van der Waals surface area contributed by atoms with Crippen LogP contribution in [0, 0.1) is 0 Å². The van der Waals surface area contributed by atoms with E-state index in [0.29, 0.717) is 19.0 Å². The molecule has 1 aromatic carbocycles. The first kappa shape index (κ1) is 23.9. The van der Waals surface area contributed by atoms with E-state index in [9.17, 15) is 14.7 Å². The van der Waals surface area contributed by atoms with Crippen molar-refractivity contribution >= 4 is 12.1 Å². The molecule has 2 N–H and O–H groups in total. The van der Waals surface area contributed by atoms with Gasteiger partial charge in [0.1, 0.15) is 24.1 Å². The van der Waals surface area contributed by atoms with Gasteiger partial charge in [-0.3, -0.25) is 0 Å². The molecule has 0 bridgehead atoms. The van der Waals surface area contributed by atoms with Crippen LogP contribution in [0.5, 0.6) is 5.75 Å². The second kappa shape index (κ2) is 10.1. The number of carbonyl (C=O) groups excluding carboxylic acids is 1. The van der Waals surface area contributed by atoms with E-state index in [1.165, 1.54) is 0 Å². The second-order valence-electron chi connectivity index (χ2n) is 8.46. The maximum absolute atomic E-state index is 11.8. The number of rotatable bonds is 9. The Kier molecular flexibility index (Phi) is 8.05. The van der Waals surface area contributed by atoms with Crippen LogP contribution >= 0.6 is 0 Å². The first-order valence-corrected chi connectivity index (χ1v) is 9.77. The first-order chi connectivity index (χ1) is 13.9. The van der Waals surface area contributed by atoms with Gasteiger partial charge >= 0.3 is 12.1 Å². The molecule has 1 heterocycles. The summed E-state index contributed by atoms with van der Waals surface area (Å²) in [5.74, 6) is -1.16. The van der Waals surface area contributed by atoms with Gasteiger partial charge in [0.25, 0.3) is 0 Å². The van der Waals surface area contributed by atoms with Gasteiger partial charge in [0.2, 0.25) is 0 Å². The van der Waals surface area contributed by atoms with Gasteiger partial charge in [0.05, 0.1) is 19.8 Å². The van der Waals surface area contributed by atoms with E-state index in [1.54, 1.807) is 26.8 Å². The van der Waals surface area contributed by atoms with Crippen LogP contribution in [-0.4, -0.2) is 60.5 Å². The Labute approximate surface area is 176 Å². The number of nitrogens with one attached hydrogen (secondary N) is 1. The highest BCUT2D eigenvalue weighted by atomic mass is 16.7. The third-order valence-corrected chi connectivity index (χ3v) is 3.94. The highest BCUT2D eigenvalue weighted by molar-refractivity contribution is 5.80. The zero-order valence-electron chi connectivity index (χ0n) is 18.1. The normalized spacial score (nSPS) is 19.2. The smallest absolute Gasteiger partial charge is 0.408 e. The number of amides is 1. The van der Waals surface area contributed by atoms with E-state index >= 15 is 0 Å². The lowest BCUT2D eigenvalue weighted by atomic mass is 10.2. The van der Waals surface area contributed by atoms with Crippen molar-refractivity contribution in [2.75, 3.05) is 19.8 Å². The topological polar surface area (TPSA) is 113 Å². The summed E-state index contributed by atoms with van der Waals surface area (Å²) in [7, 11) is 0. The molecule has 1 aliphatic rings. The third-order valence-electron chi connectivity index (χ3n) is 3.94. The molecular formula is C21H31NO8. The molecule has 1 aromatic rings. The summed E-state index contributed by atoms with van der Waals surface area (Å²) in [5.41, 5.74) is 0.0812. The molecule has 0 saturated carbocycles. The van der Waals surface area contributed by atoms with Gasteiger partial charge in [-0.15, -0.1) is 0 Å². The minimum absolute atomic E-state index is 0.143. The van der Waals surface area contributed by atoms with Crippen LogP contribution in [0.15, 0.2) is 24.3 Å². The van der Waals surface area contributed by atoms with E-state index in [0.717, 1.165) is 5.56 Å². The van der Waals surface area contributed by atoms with E-state index in [-0.39, 0.29) is 19.3 Å². The van der Waals surface area contributed by atoms with Crippen molar-refractivity contribution in [1.29, 1.82) is 0 Å². The lowest BCUT2D eigenvalue weighted by molar-refractivity contribution is -0.142. The van der Waals surface area contributed by atoms with Crippen LogP contribution in [0.2, 0.25) is 0 Å². The fourth-order valence-electron chi connectivity index (χ4n) is 2.68. The standard InChI is InChI=1S/C21H31NO8/c1-20(2,3)30-19(25)22-17(18(23)24)13-26-10-14-7-6-8-15(9-14)27-11-16-12-28-21(4,5)29-16/h6-9,16-17H,10-13H2,1-5H3,(H,22,25)(H,23,24)/t16?,17-/m0/s1. The van der Waals surface area contributed by atoms with Crippen LogP contribution < -0.4 is 10.1 Å². The minimum Gasteiger partial charge on any atom is -0.491 e. The Morgan fingerprint density at radius 2 is 2.07 bits per heavy atom. The van der Waals surface area contributed by atoms with Crippen molar-refractivity contribution in [3.8, 4) is 5.75 Å². The predicted molar refractivity (Wildman–Crippen MR) is 107 cm³/mol. The molecule has 9 nitrogen and oxygen atoms in total. The SMILES string of the molecule is CC(C)(C)OC(=O)N[C@@H](COCc1cccc(OCC2COC(C)(C)O2)c1)C(=O)O. The van der Waals surface area contributed by atoms with Gasteiger partial charge in [-0.2, -0.15) is 0 Å². The van der Waals surface area contributed by atoms with Crippen LogP contribution in [0.25, 0.3) is 0 Å². The highest BCUT2D eigenvalue weighted by Gasteiger charge is 2.33. The summed E-state index contributed by atoms with van der Waals surface area (Å²) in [4.78, 5) is 23.1. The molecule has 0 spiro atoms. The monoisotopic (exact) mass is 425 g/mol. The van der Waals surface area contributed by atoms with Crippen LogP contribution in [0.3, 0.4) is 0 Å². The first-order valence-electron chi connectivity index (χ1n) is 9.77. The van der Waals surface area contributed by atoms with E-state index in [2.05, 4.69) is 5.32 Å². The quantitative estimate of drug-likeness (QED) is 0.621. The number of ether oxygens (including phenoxy) is 5. The van der Waals surface area contributed by atoms with E-state index in [1.807, 2.05) is 32.0 Å². The van der Waals surface area contributed by atoms with Gasteiger partial charge in [0, 0.05) is 0 Å². The third kappa shape index (κ3) is 8.56. The maximum atomic E-state index is 11.8. The molecule has 30 heavy (non-hydrogen) atoms. The molecule has 1 saturated heterocycles. The fourth-order valence-corrected chi connectivity index (χ4v) is 2.68. The largest absolute Gasteiger partial charge is 0.491 e. The molecule has 1 unspecified atom stereocenters. The van der Waals surface area contributed by atoms with E-state index in [4.69, 9.17) is 23.7 Å². The number of aliphatic carboxylic acids is 1. The van der Waals surface area contributed by atoms with Crippen molar-refractivity contribution in [2.24, 2.45) is 0 Å². The number of carboxylic acids is 1. The Bertz CT molecular complexity index is 728. The van der Waals surface area contributed by atoms with Crippen LogP contribution in [0.4, 0.5) is 4.79 Å². The molecule has 168 valence electrons. The molecule has 2 rings (SSSR count). The van der Waals surface area contributed by atoms with Crippen molar-refractivity contribution in [1.82, 2.24) is 5.32 Å². The van der Waals surface area contributed by atoms with Gasteiger partial charge in [-0.05, 0) is 52.3 Å². The summed E-state index contributed by atoms with van der Waals surface area (Å²) in [5, 5.41) is 11.6. The molecule has 0 aromatic heterocycles. The number of benzene rings is 1. The Hall–Kier alpha value is -2.36. The van der Waals surface area contributed by atoms with Crippen LogP contribution in [0.1, 0.15) is 40.2 Å². The van der Waals surface area contributed by atoms with Gasteiger partial charge in [-0.25, -0.2) is 9.59 Å². The molecule has 9 heteroatoms. The minimum atomic E-state index is -1.22. The number of carboxylic acid groups (broad SMARTS) is 1. The van der Waals surface area contributed by atoms with Gasteiger partial charge in [-0.1, -0.05) is 12.1 Å². The summed E-state index contributed by atoms with van der Waals surface area (Å²) in [6.07, 6.45) is -0.953. The zero-order chi connectivity index (χ0) is 22.4. The maximum Gasteiger partial charge on any atom is 0.408 e. The van der Waals surface area contributed by atoms with Crippen LogP contribution in [-0.2, 0) is 30.3 Å². The molecular weight excluding hydrogens is 394 g/mol. The fraction of sp³-hybridized carbons (Fsp3) is 0.619. The highest BCUT2D eigenvalue weighted by Crippen LogP contribution is 2.23.